The Bertz CT molecular complexity index is 849. The predicted octanol–water partition coefficient (Wildman–Crippen LogP) is 1.77. The molecule has 2 N–H and O–H groups in total. The highest BCUT2D eigenvalue weighted by Gasteiger charge is 2.74. The van der Waals surface area contributed by atoms with E-state index in [0.29, 0.717) is 37.8 Å². The number of carbonyl (C=O) groups excluding carboxylic acids is 3. The normalized spacial score (nSPS) is 29.6. The second kappa shape index (κ2) is 5.97. The van der Waals surface area contributed by atoms with E-state index in [4.69, 9.17) is 4.74 Å². The molecule has 1 spiro atoms. The first-order valence-electron chi connectivity index (χ1n) is 9.49. The van der Waals surface area contributed by atoms with Gasteiger partial charge in [0.1, 0.15) is 0 Å². The second-order valence-corrected chi connectivity index (χ2v) is 7.58. The summed E-state index contributed by atoms with van der Waals surface area (Å²) in [5.74, 6) is -2.58. The summed E-state index contributed by atoms with van der Waals surface area (Å²) in [6.07, 6.45) is 3.28. The van der Waals surface area contributed by atoms with Crippen LogP contribution in [-0.4, -0.2) is 45.9 Å². The Morgan fingerprint density at radius 3 is 2.59 bits per heavy atom. The fourth-order valence-electron chi connectivity index (χ4n) is 5.40. The van der Waals surface area contributed by atoms with E-state index in [1.165, 1.54) is 17.0 Å². The maximum Gasteiger partial charge on any atom is 0.323 e. The van der Waals surface area contributed by atoms with E-state index in [-0.39, 0.29) is 24.5 Å². The highest BCUT2D eigenvalue weighted by Crippen LogP contribution is 2.61. The lowest BCUT2D eigenvalue weighted by Crippen LogP contribution is -2.58. The van der Waals surface area contributed by atoms with Crippen LogP contribution in [0.5, 0.6) is 11.5 Å². The van der Waals surface area contributed by atoms with Crippen LogP contribution >= 0.6 is 0 Å². The van der Waals surface area contributed by atoms with Crippen LogP contribution in [0.1, 0.15) is 50.2 Å². The third-order valence-electron chi connectivity index (χ3n) is 6.43. The van der Waals surface area contributed by atoms with Gasteiger partial charge in [-0.2, -0.15) is 0 Å². The molecule has 1 aromatic carbocycles. The quantitative estimate of drug-likeness (QED) is 0.354. The number of amides is 1. The number of ether oxygens (including phenoxy) is 1. The molecule has 0 bridgehead atoms. The number of hydrogen-bond donors (Lipinski definition) is 2. The number of carbonyl (C=O) groups is 3. The van der Waals surface area contributed by atoms with Crippen molar-refractivity contribution in [1.29, 1.82) is 0 Å². The van der Waals surface area contributed by atoms with Crippen molar-refractivity contribution in [3.63, 3.8) is 0 Å². The van der Waals surface area contributed by atoms with Gasteiger partial charge >= 0.3 is 5.97 Å². The molecule has 2 atom stereocenters. The number of benzene rings is 1. The molecule has 4 rings (SSSR count). The molecule has 7 heteroatoms. The maximum atomic E-state index is 13.2. The predicted molar refractivity (Wildman–Crippen MR) is 94.0 cm³/mol. The van der Waals surface area contributed by atoms with Crippen LogP contribution < -0.4 is 0 Å². The molecule has 2 aliphatic heterocycles. The standard InChI is InChI=1S/C20H23NO6/c1-2-27-18(26)19-7-3-4-8-20(19)13-11-15(23)14(22)10-12(13)6-5-9-21(20)17(25)16(19)24/h10-11,22-23H,2-9H2,1H3/t19-,20+/m0/s1. The van der Waals surface area contributed by atoms with Crippen molar-refractivity contribution in [2.24, 2.45) is 5.41 Å². The van der Waals surface area contributed by atoms with Crippen molar-refractivity contribution in [1.82, 2.24) is 4.90 Å². The molecule has 0 aromatic heterocycles. The zero-order valence-electron chi connectivity index (χ0n) is 15.3. The zero-order chi connectivity index (χ0) is 19.4. The summed E-state index contributed by atoms with van der Waals surface area (Å²) in [5, 5.41) is 20.2. The number of phenolic OH excluding ortho intramolecular Hbond substituents is 2. The van der Waals surface area contributed by atoms with E-state index in [9.17, 15) is 24.6 Å². The molecule has 2 fully saturated rings. The van der Waals surface area contributed by atoms with Gasteiger partial charge in [-0.3, -0.25) is 14.4 Å². The first-order chi connectivity index (χ1) is 12.9. The van der Waals surface area contributed by atoms with Crippen LogP contribution in [0.25, 0.3) is 0 Å². The number of fused-ring (bicyclic) bond motifs is 1. The number of esters is 1. The van der Waals surface area contributed by atoms with Crippen LogP contribution in [0.4, 0.5) is 0 Å². The Hall–Kier alpha value is -2.57. The van der Waals surface area contributed by atoms with Gasteiger partial charge in [0, 0.05) is 6.54 Å². The topological polar surface area (TPSA) is 104 Å². The van der Waals surface area contributed by atoms with E-state index in [0.717, 1.165) is 12.0 Å². The third-order valence-corrected chi connectivity index (χ3v) is 6.43. The molecule has 1 aromatic rings. The molecule has 0 unspecified atom stereocenters. The average molecular weight is 373 g/mol. The Kier molecular flexibility index (Phi) is 3.94. The third kappa shape index (κ3) is 2.05. The zero-order valence-corrected chi connectivity index (χ0v) is 15.3. The van der Waals surface area contributed by atoms with Gasteiger partial charge in [0.15, 0.2) is 16.9 Å². The molecule has 3 aliphatic rings. The number of hydrogen-bond acceptors (Lipinski definition) is 6. The molecular weight excluding hydrogens is 350 g/mol. The lowest BCUT2D eigenvalue weighted by atomic mass is 9.57. The number of aromatic hydroxyl groups is 2. The summed E-state index contributed by atoms with van der Waals surface area (Å²) in [6.45, 7) is 2.14. The van der Waals surface area contributed by atoms with Gasteiger partial charge in [0.2, 0.25) is 5.78 Å². The number of nitrogens with zero attached hydrogens (tertiary/aromatic N) is 1. The highest BCUT2D eigenvalue weighted by atomic mass is 16.5. The van der Waals surface area contributed by atoms with Crippen LogP contribution in [-0.2, 0) is 31.1 Å². The van der Waals surface area contributed by atoms with Crippen molar-refractivity contribution in [3.05, 3.63) is 23.3 Å². The summed E-state index contributed by atoms with van der Waals surface area (Å²) >= 11 is 0. The smallest absolute Gasteiger partial charge is 0.323 e. The van der Waals surface area contributed by atoms with Crippen LogP contribution in [0.2, 0.25) is 0 Å². The fraction of sp³-hybridized carbons (Fsp3) is 0.550. The van der Waals surface area contributed by atoms with Gasteiger partial charge in [-0.05, 0) is 55.9 Å². The van der Waals surface area contributed by atoms with Gasteiger partial charge in [-0.15, -0.1) is 0 Å². The summed E-state index contributed by atoms with van der Waals surface area (Å²) in [7, 11) is 0. The van der Waals surface area contributed by atoms with Crippen LogP contribution in [0.15, 0.2) is 12.1 Å². The Labute approximate surface area is 156 Å². The Morgan fingerprint density at radius 1 is 1.15 bits per heavy atom. The molecule has 1 saturated heterocycles. The van der Waals surface area contributed by atoms with Gasteiger partial charge in [-0.1, -0.05) is 12.8 Å². The van der Waals surface area contributed by atoms with Crippen molar-refractivity contribution < 1.29 is 29.3 Å². The number of rotatable bonds is 2. The maximum absolute atomic E-state index is 13.2. The average Bonchev–Trinajstić information content (AvgIpc) is 2.75. The van der Waals surface area contributed by atoms with E-state index in [1.54, 1.807) is 6.92 Å². The van der Waals surface area contributed by atoms with Gasteiger partial charge in [-0.25, -0.2) is 0 Å². The van der Waals surface area contributed by atoms with Crippen molar-refractivity contribution >= 4 is 17.7 Å². The summed E-state index contributed by atoms with van der Waals surface area (Å²) in [6, 6.07) is 2.91. The molecule has 2 heterocycles. The van der Waals surface area contributed by atoms with Gasteiger partial charge in [0.05, 0.1) is 12.1 Å². The van der Waals surface area contributed by atoms with E-state index in [2.05, 4.69) is 0 Å². The minimum atomic E-state index is -1.60. The van der Waals surface area contributed by atoms with Crippen molar-refractivity contribution in [3.8, 4) is 11.5 Å². The van der Waals surface area contributed by atoms with Gasteiger partial charge < -0.3 is 19.8 Å². The number of phenols is 2. The SMILES string of the molecule is CCOC(=O)[C@@]12CCCC[C@@]13c1cc(O)c(O)cc1CCCN3C(=O)C2=O. The highest BCUT2D eigenvalue weighted by molar-refractivity contribution is 6.45. The first kappa shape index (κ1) is 17.8. The van der Waals surface area contributed by atoms with Gasteiger partial charge in [0.25, 0.3) is 5.91 Å². The minimum absolute atomic E-state index is 0.117. The number of ketones is 1. The lowest BCUT2D eigenvalue weighted by molar-refractivity contribution is -0.169. The summed E-state index contributed by atoms with van der Waals surface area (Å²) < 4.78 is 5.31. The Morgan fingerprint density at radius 2 is 1.85 bits per heavy atom. The van der Waals surface area contributed by atoms with E-state index < -0.39 is 28.6 Å². The molecule has 1 aliphatic carbocycles. The van der Waals surface area contributed by atoms with Crippen LogP contribution in [0, 0.1) is 5.41 Å². The number of Topliss-reactive ketones (excluding diaryl/α,β-unsaturated/α-hetero) is 1. The largest absolute Gasteiger partial charge is 0.504 e. The molecule has 1 amide bonds. The van der Waals surface area contributed by atoms with Crippen molar-refractivity contribution in [2.75, 3.05) is 13.2 Å². The molecule has 27 heavy (non-hydrogen) atoms. The Balaban J connectivity index is 2.06. The van der Waals surface area contributed by atoms with Crippen LogP contribution in [0.3, 0.4) is 0 Å². The fourth-order valence-corrected chi connectivity index (χ4v) is 5.40. The molecule has 0 radical (unpaired) electrons. The summed E-state index contributed by atoms with van der Waals surface area (Å²) in [5.41, 5.74) is -1.42. The van der Waals surface area contributed by atoms with E-state index >= 15 is 0 Å². The number of aryl methyl sites for hydroxylation is 1. The monoisotopic (exact) mass is 373 g/mol. The molecule has 144 valence electrons. The molecule has 1 saturated carbocycles. The first-order valence-corrected chi connectivity index (χ1v) is 9.49. The van der Waals surface area contributed by atoms with E-state index in [1.807, 2.05) is 0 Å². The molecular formula is C20H23NO6. The van der Waals surface area contributed by atoms with Crippen molar-refractivity contribution in [2.45, 2.75) is 51.0 Å². The minimum Gasteiger partial charge on any atom is -0.504 e. The lowest BCUT2D eigenvalue weighted by Gasteiger charge is -2.49. The molecule has 7 nitrogen and oxygen atoms in total. The second-order valence-electron chi connectivity index (χ2n) is 7.58. The summed E-state index contributed by atoms with van der Waals surface area (Å²) in [4.78, 5) is 40.9.